The summed E-state index contributed by atoms with van der Waals surface area (Å²) < 4.78 is 34.3. The van der Waals surface area contributed by atoms with Gasteiger partial charge in [0.25, 0.3) is 0 Å². The lowest BCUT2D eigenvalue weighted by Gasteiger charge is -2.16. The minimum absolute atomic E-state index is 0.00417. The van der Waals surface area contributed by atoms with Gasteiger partial charge < -0.3 is 19.5 Å². The number of ether oxygens (including phenoxy) is 2. The Labute approximate surface area is 111 Å². The second kappa shape index (κ2) is 4.06. The van der Waals surface area contributed by atoms with Gasteiger partial charge in [0.15, 0.2) is 11.5 Å². The van der Waals surface area contributed by atoms with Gasteiger partial charge in [0.1, 0.15) is 0 Å². The Hall–Kier alpha value is -2.38. The Balaban J connectivity index is 1.87. The summed E-state index contributed by atoms with van der Waals surface area (Å²) in [5.41, 5.74) is 0.304. The first-order valence-electron chi connectivity index (χ1n) is 5.79. The Kier molecular flexibility index (Phi) is 2.56. The third kappa shape index (κ3) is 2.02. The van der Waals surface area contributed by atoms with Gasteiger partial charge in [0, 0.05) is 24.7 Å². The van der Waals surface area contributed by atoms with Crippen molar-refractivity contribution in [1.82, 2.24) is 0 Å². The Morgan fingerprint density at radius 2 is 2.05 bits per heavy atom. The van der Waals surface area contributed by atoms with Gasteiger partial charge in [0.05, 0.1) is 5.92 Å². The molecule has 106 valence electrons. The predicted molar refractivity (Wildman–Crippen MR) is 60.7 cm³/mol. The van der Waals surface area contributed by atoms with Gasteiger partial charge in [-0.3, -0.25) is 9.59 Å². The van der Waals surface area contributed by atoms with Gasteiger partial charge in [-0.25, -0.2) is 0 Å². The maximum atomic E-state index is 12.9. The van der Waals surface area contributed by atoms with E-state index >= 15 is 0 Å². The molecule has 1 aromatic rings. The number of alkyl halides is 2. The molecule has 1 saturated heterocycles. The zero-order valence-electron chi connectivity index (χ0n) is 10.0. The highest BCUT2D eigenvalue weighted by Gasteiger charge is 2.44. The van der Waals surface area contributed by atoms with E-state index in [1.807, 2.05) is 0 Å². The number of rotatable bonds is 2. The van der Waals surface area contributed by atoms with Crippen LogP contribution in [-0.2, 0) is 9.59 Å². The summed E-state index contributed by atoms with van der Waals surface area (Å²) >= 11 is 0. The molecule has 1 unspecified atom stereocenters. The van der Waals surface area contributed by atoms with E-state index in [9.17, 15) is 18.4 Å². The SMILES string of the molecule is O=C(O)C1CC(=O)N(c2ccc3c(c2)OC(F)(F)O3)C1. The predicted octanol–water partition coefficient (Wildman–Crippen LogP) is 1.45. The van der Waals surface area contributed by atoms with Crippen LogP contribution in [0.15, 0.2) is 18.2 Å². The van der Waals surface area contributed by atoms with Crippen LogP contribution in [-0.4, -0.2) is 29.8 Å². The topological polar surface area (TPSA) is 76.1 Å². The maximum absolute atomic E-state index is 12.9. The van der Waals surface area contributed by atoms with E-state index in [4.69, 9.17) is 5.11 Å². The highest BCUT2D eigenvalue weighted by atomic mass is 19.3. The number of hydrogen-bond acceptors (Lipinski definition) is 4. The molecule has 0 spiro atoms. The molecule has 20 heavy (non-hydrogen) atoms. The molecule has 2 aliphatic heterocycles. The van der Waals surface area contributed by atoms with Gasteiger partial charge in [-0.1, -0.05) is 0 Å². The molecule has 0 bridgehead atoms. The second-order valence-electron chi connectivity index (χ2n) is 4.54. The average Bonchev–Trinajstić information content (AvgIpc) is 2.86. The highest BCUT2D eigenvalue weighted by Crippen LogP contribution is 2.43. The standard InChI is InChI=1S/C12H9F2NO5/c13-12(14)19-8-2-1-7(4-9(8)20-12)15-5-6(11(17)18)3-10(15)16/h1-2,4,6H,3,5H2,(H,17,18). The van der Waals surface area contributed by atoms with Crippen molar-refractivity contribution in [3.8, 4) is 11.5 Å². The summed E-state index contributed by atoms with van der Waals surface area (Å²) in [6.07, 6.45) is -3.83. The first-order valence-corrected chi connectivity index (χ1v) is 5.79. The van der Waals surface area contributed by atoms with Crippen LogP contribution in [0.25, 0.3) is 0 Å². The lowest BCUT2D eigenvalue weighted by molar-refractivity contribution is -0.286. The fraction of sp³-hybridized carbons (Fsp3) is 0.333. The smallest absolute Gasteiger partial charge is 0.481 e. The molecule has 0 aromatic heterocycles. The van der Waals surface area contributed by atoms with Crippen molar-refractivity contribution in [1.29, 1.82) is 0 Å². The van der Waals surface area contributed by atoms with Crippen LogP contribution >= 0.6 is 0 Å². The number of hydrogen-bond donors (Lipinski definition) is 1. The van der Waals surface area contributed by atoms with Crippen LogP contribution in [0.5, 0.6) is 11.5 Å². The lowest BCUT2D eigenvalue weighted by Crippen LogP contribution is -2.26. The molecule has 0 radical (unpaired) electrons. The van der Waals surface area contributed by atoms with Gasteiger partial charge in [0.2, 0.25) is 5.91 Å². The van der Waals surface area contributed by atoms with Crippen molar-refractivity contribution >= 4 is 17.6 Å². The molecule has 6 nitrogen and oxygen atoms in total. The molecule has 8 heteroatoms. The summed E-state index contributed by atoms with van der Waals surface area (Å²) in [6.45, 7) is 0.00417. The third-order valence-electron chi connectivity index (χ3n) is 3.17. The number of benzene rings is 1. The lowest BCUT2D eigenvalue weighted by atomic mass is 10.1. The Morgan fingerprint density at radius 3 is 2.70 bits per heavy atom. The van der Waals surface area contributed by atoms with Crippen molar-refractivity contribution in [2.45, 2.75) is 12.7 Å². The summed E-state index contributed by atoms with van der Waals surface area (Å²) in [4.78, 5) is 23.9. The summed E-state index contributed by atoms with van der Waals surface area (Å²) in [6, 6.07) is 3.90. The maximum Gasteiger partial charge on any atom is 0.586 e. The normalized spacial score (nSPS) is 23.2. The zero-order chi connectivity index (χ0) is 14.5. The van der Waals surface area contributed by atoms with E-state index in [0.717, 1.165) is 0 Å². The number of carbonyl (C=O) groups is 2. The third-order valence-corrected chi connectivity index (χ3v) is 3.17. The van der Waals surface area contributed by atoms with Crippen molar-refractivity contribution < 1.29 is 33.0 Å². The molecule has 1 atom stereocenters. The van der Waals surface area contributed by atoms with Crippen LogP contribution in [0.1, 0.15) is 6.42 Å². The van der Waals surface area contributed by atoms with E-state index < -0.39 is 18.2 Å². The largest absolute Gasteiger partial charge is 0.586 e. The first kappa shape index (κ1) is 12.6. The van der Waals surface area contributed by atoms with Crippen LogP contribution in [0.2, 0.25) is 0 Å². The molecular weight excluding hydrogens is 276 g/mol. The number of fused-ring (bicyclic) bond motifs is 1. The minimum Gasteiger partial charge on any atom is -0.481 e. The minimum atomic E-state index is -3.72. The van der Waals surface area contributed by atoms with E-state index in [-0.39, 0.29) is 30.4 Å². The number of aliphatic carboxylic acids is 1. The quantitative estimate of drug-likeness (QED) is 0.890. The molecule has 1 aromatic carbocycles. The number of halogens is 2. The zero-order valence-corrected chi connectivity index (χ0v) is 10.0. The van der Waals surface area contributed by atoms with Crippen molar-refractivity contribution in [3.05, 3.63) is 18.2 Å². The summed E-state index contributed by atoms with van der Waals surface area (Å²) in [5.74, 6) is -2.54. The molecule has 2 aliphatic rings. The average molecular weight is 285 g/mol. The molecule has 3 rings (SSSR count). The molecule has 1 fully saturated rings. The summed E-state index contributed by atoms with van der Waals surface area (Å²) in [5, 5.41) is 8.90. The number of anilines is 1. The van der Waals surface area contributed by atoms with E-state index in [2.05, 4.69) is 9.47 Å². The van der Waals surface area contributed by atoms with Gasteiger partial charge in [-0.15, -0.1) is 8.78 Å². The Morgan fingerprint density at radius 1 is 1.35 bits per heavy atom. The van der Waals surface area contributed by atoms with Gasteiger partial charge in [-0.05, 0) is 12.1 Å². The fourth-order valence-electron chi connectivity index (χ4n) is 2.23. The first-order chi connectivity index (χ1) is 9.35. The fourth-order valence-corrected chi connectivity index (χ4v) is 2.23. The second-order valence-corrected chi connectivity index (χ2v) is 4.54. The number of nitrogens with zero attached hydrogens (tertiary/aromatic N) is 1. The van der Waals surface area contributed by atoms with Gasteiger partial charge >= 0.3 is 12.3 Å². The highest BCUT2D eigenvalue weighted by molar-refractivity contribution is 5.99. The van der Waals surface area contributed by atoms with Crippen LogP contribution < -0.4 is 14.4 Å². The molecule has 0 aliphatic carbocycles. The van der Waals surface area contributed by atoms with E-state index in [1.54, 1.807) is 0 Å². The van der Waals surface area contributed by atoms with E-state index in [0.29, 0.717) is 5.69 Å². The van der Waals surface area contributed by atoms with E-state index in [1.165, 1.54) is 23.1 Å². The van der Waals surface area contributed by atoms with Crippen LogP contribution in [0.3, 0.4) is 0 Å². The van der Waals surface area contributed by atoms with Crippen molar-refractivity contribution in [2.24, 2.45) is 5.92 Å². The molecule has 0 saturated carbocycles. The summed E-state index contributed by atoms with van der Waals surface area (Å²) in [7, 11) is 0. The van der Waals surface area contributed by atoms with Gasteiger partial charge in [-0.2, -0.15) is 0 Å². The number of carbonyl (C=O) groups excluding carboxylic acids is 1. The monoisotopic (exact) mass is 285 g/mol. The number of amides is 1. The van der Waals surface area contributed by atoms with Crippen LogP contribution in [0.4, 0.5) is 14.5 Å². The van der Waals surface area contributed by atoms with Crippen LogP contribution in [0, 0.1) is 5.92 Å². The van der Waals surface area contributed by atoms with Crippen molar-refractivity contribution in [2.75, 3.05) is 11.4 Å². The molecule has 2 heterocycles. The molecular formula is C12H9F2NO5. The van der Waals surface area contributed by atoms with Crippen molar-refractivity contribution in [3.63, 3.8) is 0 Å². The molecule has 1 N–H and O–H groups in total. The Bertz CT molecular complexity index is 604. The number of carboxylic acid groups (broad SMARTS) is 1. The molecule has 1 amide bonds. The number of carboxylic acids is 1.